The van der Waals surface area contributed by atoms with Gasteiger partial charge in [-0.15, -0.1) is 19.0 Å². The van der Waals surface area contributed by atoms with Gasteiger partial charge in [0.05, 0.1) is 0 Å². The van der Waals surface area contributed by atoms with Crippen molar-refractivity contribution in [2.75, 3.05) is 13.1 Å². The molecule has 3 nitrogen and oxygen atoms in total. The van der Waals surface area contributed by atoms with Crippen molar-refractivity contribution in [2.24, 2.45) is 17.6 Å². The maximum absolute atomic E-state index is 12.7. The number of hydrogen-bond donors (Lipinski definition) is 1. The zero-order valence-electron chi connectivity index (χ0n) is 13.1. The third kappa shape index (κ3) is 5.63. The molecular formula is C17H31ClN2O. The molecule has 4 heteroatoms. The largest absolute Gasteiger partial charge is 0.338 e. The van der Waals surface area contributed by atoms with Crippen LogP contribution in [-0.2, 0) is 4.79 Å². The molecule has 2 aliphatic carbocycles. The summed E-state index contributed by atoms with van der Waals surface area (Å²) >= 11 is 0. The molecule has 0 heterocycles. The molecule has 0 radical (unpaired) electrons. The Labute approximate surface area is 135 Å². The minimum absolute atomic E-state index is 0. The van der Waals surface area contributed by atoms with Gasteiger partial charge in [0.25, 0.3) is 0 Å². The van der Waals surface area contributed by atoms with E-state index in [9.17, 15) is 4.79 Å². The summed E-state index contributed by atoms with van der Waals surface area (Å²) in [5, 5.41) is 0. The molecule has 2 aliphatic rings. The topological polar surface area (TPSA) is 46.3 Å². The van der Waals surface area contributed by atoms with E-state index in [-0.39, 0.29) is 24.4 Å². The fourth-order valence-electron chi connectivity index (χ4n) is 3.80. The van der Waals surface area contributed by atoms with Gasteiger partial charge in [0, 0.05) is 25.0 Å². The van der Waals surface area contributed by atoms with Crippen LogP contribution in [0.15, 0.2) is 12.7 Å². The SMILES string of the molecule is C=CCN(CC1CCCCC1)C(=O)C1CCCC(N)C1.Cl. The van der Waals surface area contributed by atoms with E-state index in [0.29, 0.717) is 18.4 Å². The molecule has 0 aliphatic heterocycles. The predicted octanol–water partition coefficient (Wildman–Crippen LogP) is 3.52. The van der Waals surface area contributed by atoms with Gasteiger partial charge in [0.1, 0.15) is 0 Å². The number of rotatable bonds is 5. The average molecular weight is 315 g/mol. The molecule has 0 spiro atoms. The van der Waals surface area contributed by atoms with Gasteiger partial charge in [-0.25, -0.2) is 0 Å². The summed E-state index contributed by atoms with van der Waals surface area (Å²) in [5.74, 6) is 1.18. The van der Waals surface area contributed by atoms with E-state index in [0.717, 1.165) is 32.2 Å². The first-order valence-corrected chi connectivity index (χ1v) is 8.36. The molecule has 0 aromatic rings. The van der Waals surface area contributed by atoms with Crippen molar-refractivity contribution in [3.8, 4) is 0 Å². The van der Waals surface area contributed by atoms with Crippen LogP contribution in [-0.4, -0.2) is 29.9 Å². The molecule has 2 N–H and O–H groups in total. The third-order valence-electron chi connectivity index (χ3n) is 4.93. The lowest BCUT2D eigenvalue weighted by Crippen LogP contribution is -2.43. The lowest BCUT2D eigenvalue weighted by Gasteiger charge is -2.34. The standard InChI is InChI=1S/C17H30N2O.ClH/c1-2-11-19(13-14-7-4-3-5-8-14)17(20)15-9-6-10-16(18)12-15;/h2,14-16H,1,3-13,18H2;1H. The third-order valence-corrected chi connectivity index (χ3v) is 4.93. The normalized spacial score (nSPS) is 26.7. The minimum Gasteiger partial charge on any atom is -0.338 e. The molecule has 2 fully saturated rings. The van der Waals surface area contributed by atoms with Crippen molar-refractivity contribution in [3.63, 3.8) is 0 Å². The number of nitrogens with two attached hydrogens (primary N) is 1. The highest BCUT2D eigenvalue weighted by atomic mass is 35.5. The van der Waals surface area contributed by atoms with E-state index in [2.05, 4.69) is 6.58 Å². The zero-order chi connectivity index (χ0) is 14.4. The highest BCUT2D eigenvalue weighted by molar-refractivity contribution is 5.85. The number of hydrogen-bond acceptors (Lipinski definition) is 2. The van der Waals surface area contributed by atoms with Gasteiger partial charge in [0.15, 0.2) is 0 Å². The monoisotopic (exact) mass is 314 g/mol. The smallest absolute Gasteiger partial charge is 0.226 e. The molecular weight excluding hydrogens is 284 g/mol. The first kappa shape index (κ1) is 18.5. The first-order valence-electron chi connectivity index (χ1n) is 8.36. The van der Waals surface area contributed by atoms with Crippen LogP contribution in [0.5, 0.6) is 0 Å². The van der Waals surface area contributed by atoms with Gasteiger partial charge >= 0.3 is 0 Å². The first-order chi connectivity index (χ1) is 9.70. The van der Waals surface area contributed by atoms with Crippen molar-refractivity contribution in [1.29, 1.82) is 0 Å². The summed E-state index contributed by atoms with van der Waals surface area (Å²) in [7, 11) is 0. The molecule has 1 amide bonds. The van der Waals surface area contributed by atoms with Crippen LogP contribution in [0.2, 0.25) is 0 Å². The summed E-state index contributed by atoms with van der Waals surface area (Å²) in [4.78, 5) is 14.8. The Morgan fingerprint density at radius 3 is 2.48 bits per heavy atom. The van der Waals surface area contributed by atoms with Crippen LogP contribution in [0.25, 0.3) is 0 Å². The molecule has 122 valence electrons. The molecule has 2 rings (SSSR count). The van der Waals surface area contributed by atoms with Crippen LogP contribution >= 0.6 is 12.4 Å². The molecule has 0 bridgehead atoms. The Hall–Kier alpha value is -0.540. The summed E-state index contributed by atoms with van der Waals surface area (Å²) in [6.07, 6.45) is 12.5. The van der Waals surface area contributed by atoms with Crippen molar-refractivity contribution in [2.45, 2.75) is 63.8 Å². The van der Waals surface area contributed by atoms with Gasteiger partial charge in [-0.1, -0.05) is 31.8 Å². The summed E-state index contributed by atoms with van der Waals surface area (Å²) < 4.78 is 0. The van der Waals surface area contributed by atoms with Crippen molar-refractivity contribution in [1.82, 2.24) is 4.90 Å². The molecule has 2 atom stereocenters. The second-order valence-electron chi connectivity index (χ2n) is 6.66. The van der Waals surface area contributed by atoms with Crippen molar-refractivity contribution in [3.05, 3.63) is 12.7 Å². The highest BCUT2D eigenvalue weighted by Crippen LogP contribution is 2.28. The number of amides is 1. The van der Waals surface area contributed by atoms with E-state index in [1.54, 1.807) is 0 Å². The fraction of sp³-hybridized carbons (Fsp3) is 0.824. The zero-order valence-corrected chi connectivity index (χ0v) is 14.0. The second-order valence-corrected chi connectivity index (χ2v) is 6.66. The van der Waals surface area contributed by atoms with E-state index in [4.69, 9.17) is 5.73 Å². The fourth-order valence-corrected chi connectivity index (χ4v) is 3.80. The Bertz CT molecular complexity index is 329. The van der Waals surface area contributed by atoms with E-state index >= 15 is 0 Å². The lowest BCUT2D eigenvalue weighted by atomic mass is 9.84. The molecule has 0 saturated heterocycles. The molecule has 2 saturated carbocycles. The Balaban J connectivity index is 0.00000220. The van der Waals surface area contributed by atoms with Crippen LogP contribution in [0.4, 0.5) is 0 Å². The van der Waals surface area contributed by atoms with E-state index < -0.39 is 0 Å². The van der Waals surface area contributed by atoms with Gasteiger partial charge in [0.2, 0.25) is 5.91 Å². The predicted molar refractivity (Wildman–Crippen MR) is 90.5 cm³/mol. The second kappa shape index (κ2) is 9.47. The average Bonchev–Trinajstić information content (AvgIpc) is 2.47. The van der Waals surface area contributed by atoms with Crippen molar-refractivity contribution < 1.29 is 4.79 Å². The Kier molecular flexibility index (Phi) is 8.35. The van der Waals surface area contributed by atoms with Crippen molar-refractivity contribution >= 4 is 18.3 Å². The number of carbonyl (C=O) groups excluding carboxylic acids is 1. The van der Waals surface area contributed by atoms with Gasteiger partial charge in [-0.05, 0) is 38.0 Å². The summed E-state index contributed by atoms with van der Waals surface area (Å²) in [6.45, 7) is 5.44. The maximum Gasteiger partial charge on any atom is 0.226 e. The van der Waals surface area contributed by atoms with Crippen LogP contribution in [0.3, 0.4) is 0 Å². The van der Waals surface area contributed by atoms with Gasteiger partial charge in [-0.3, -0.25) is 4.79 Å². The van der Waals surface area contributed by atoms with E-state index in [1.807, 2.05) is 11.0 Å². The van der Waals surface area contributed by atoms with Gasteiger partial charge < -0.3 is 10.6 Å². The maximum atomic E-state index is 12.7. The minimum atomic E-state index is 0. The lowest BCUT2D eigenvalue weighted by molar-refractivity contribution is -0.137. The molecule has 0 aromatic carbocycles. The van der Waals surface area contributed by atoms with Gasteiger partial charge in [-0.2, -0.15) is 0 Å². The van der Waals surface area contributed by atoms with Crippen LogP contribution in [0, 0.1) is 11.8 Å². The van der Waals surface area contributed by atoms with Crippen LogP contribution < -0.4 is 5.73 Å². The quantitative estimate of drug-likeness (QED) is 0.789. The number of nitrogens with zero attached hydrogens (tertiary/aromatic N) is 1. The Morgan fingerprint density at radius 2 is 1.86 bits per heavy atom. The summed E-state index contributed by atoms with van der Waals surface area (Å²) in [6, 6.07) is 0.220. The highest BCUT2D eigenvalue weighted by Gasteiger charge is 2.29. The molecule has 21 heavy (non-hydrogen) atoms. The number of carbonyl (C=O) groups is 1. The molecule has 2 unspecified atom stereocenters. The molecule has 0 aromatic heterocycles. The summed E-state index contributed by atoms with van der Waals surface area (Å²) in [5.41, 5.74) is 6.03. The van der Waals surface area contributed by atoms with E-state index in [1.165, 1.54) is 32.1 Å². The van der Waals surface area contributed by atoms with Crippen LogP contribution in [0.1, 0.15) is 57.8 Å². The number of halogens is 1. The Morgan fingerprint density at radius 1 is 1.14 bits per heavy atom.